The number of nitrogens with zero attached hydrogens (tertiary/aromatic N) is 4. The lowest BCUT2D eigenvalue weighted by atomic mass is 9.92. The summed E-state index contributed by atoms with van der Waals surface area (Å²) in [4.78, 5) is 26.4. The largest absolute Gasteiger partial charge is 0.356 e. The molecule has 0 aromatic carbocycles. The summed E-state index contributed by atoms with van der Waals surface area (Å²) in [6, 6.07) is 0. The Labute approximate surface area is 154 Å². The third-order valence-corrected chi connectivity index (χ3v) is 6.71. The highest BCUT2D eigenvalue weighted by atomic mass is 32.2. The number of thioether (sulfide) groups is 1. The molecule has 0 atom stereocenters. The topological polar surface area (TPSA) is 49.3 Å². The van der Waals surface area contributed by atoms with Gasteiger partial charge in [-0.2, -0.15) is 11.8 Å². The van der Waals surface area contributed by atoms with Crippen LogP contribution in [0.5, 0.6) is 0 Å². The van der Waals surface area contributed by atoms with E-state index in [4.69, 9.17) is 4.98 Å². The normalized spacial score (nSPS) is 21.5. The van der Waals surface area contributed by atoms with Crippen molar-refractivity contribution in [2.75, 3.05) is 42.6 Å². The van der Waals surface area contributed by atoms with E-state index in [1.54, 1.807) is 0 Å². The van der Waals surface area contributed by atoms with Crippen LogP contribution in [0.15, 0.2) is 0 Å². The minimum Gasteiger partial charge on any atom is -0.356 e. The second kappa shape index (κ2) is 7.52. The number of anilines is 1. The molecule has 0 radical (unpaired) electrons. The van der Waals surface area contributed by atoms with Gasteiger partial charge in [0.25, 0.3) is 0 Å². The van der Waals surface area contributed by atoms with Crippen LogP contribution in [-0.4, -0.2) is 58.5 Å². The van der Waals surface area contributed by atoms with Crippen LogP contribution < -0.4 is 4.90 Å². The van der Waals surface area contributed by atoms with Crippen LogP contribution in [0.2, 0.25) is 0 Å². The molecule has 0 bridgehead atoms. The van der Waals surface area contributed by atoms with Gasteiger partial charge in [-0.25, -0.2) is 9.97 Å². The van der Waals surface area contributed by atoms with Crippen molar-refractivity contribution in [3.05, 3.63) is 17.1 Å². The Bertz CT molecular complexity index is 637. The first kappa shape index (κ1) is 17.1. The summed E-state index contributed by atoms with van der Waals surface area (Å²) in [5, 5.41) is 0. The lowest BCUT2D eigenvalue weighted by Gasteiger charge is -2.35. The maximum Gasteiger partial charge on any atom is 0.222 e. The van der Waals surface area contributed by atoms with Gasteiger partial charge in [-0.15, -0.1) is 0 Å². The molecule has 2 fully saturated rings. The Morgan fingerprint density at radius 2 is 1.88 bits per heavy atom. The van der Waals surface area contributed by atoms with Crippen molar-refractivity contribution in [3.8, 4) is 0 Å². The zero-order valence-corrected chi connectivity index (χ0v) is 16.0. The van der Waals surface area contributed by atoms with Crippen LogP contribution in [0.25, 0.3) is 0 Å². The fraction of sp³-hybridized carbons (Fsp3) is 0.737. The fourth-order valence-electron chi connectivity index (χ4n) is 4.33. The molecule has 6 heteroatoms. The third kappa shape index (κ3) is 3.78. The van der Waals surface area contributed by atoms with Gasteiger partial charge >= 0.3 is 0 Å². The second-order valence-corrected chi connectivity index (χ2v) is 8.73. The summed E-state index contributed by atoms with van der Waals surface area (Å²) in [6.45, 7) is 5.93. The Kier molecular flexibility index (Phi) is 5.15. The van der Waals surface area contributed by atoms with E-state index < -0.39 is 0 Å². The van der Waals surface area contributed by atoms with E-state index in [9.17, 15) is 4.79 Å². The monoisotopic (exact) mass is 360 g/mol. The molecule has 1 aromatic heterocycles. The maximum absolute atomic E-state index is 12.5. The highest BCUT2D eigenvalue weighted by Gasteiger charge is 2.28. The number of piperidine rings is 1. The van der Waals surface area contributed by atoms with E-state index in [0.717, 1.165) is 75.6 Å². The number of aryl methyl sites for hydroxylation is 2. The summed E-state index contributed by atoms with van der Waals surface area (Å²) in [6.07, 6.45) is 6.37. The van der Waals surface area contributed by atoms with Crippen LogP contribution in [0, 0.1) is 12.8 Å². The molecule has 4 rings (SSSR count). The number of carbonyl (C=O) groups excluding carboxylic acids is 1. The van der Waals surface area contributed by atoms with E-state index in [1.165, 1.54) is 23.5 Å². The van der Waals surface area contributed by atoms with Gasteiger partial charge in [0, 0.05) is 55.4 Å². The molecule has 3 aliphatic rings. The smallest absolute Gasteiger partial charge is 0.222 e. The van der Waals surface area contributed by atoms with Crippen LogP contribution >= 0.6 is 11.8 Å². The van der Waals surface area contributed by atoms with E-state index in [1.807, 2.05) is 18.7 Å². The van der Waals surface area contributed by atoms with Crippen LogP contribution in [0.3, 0.4) is 0 Å². The van der Waals surface area contributed by atoms with Crippen molar-refractivity contribution in [2.24, 2.45) is 5.92 Å². The van der Waals surface area contributed by atoms with Crippen molar-refractivity contribution < 1.29 is 4.79 Å². The number of amides is 1. The van der Waals surface area contributed by atoms with Crippen LogP contribution in [0.4, 0.5) is 5.82 Å². The third-order valence-electron chi connectivity index (χ3n) is 5.76. The van der Waals surface area contributed by atoms with Crippen molar-refractivity contribution in [3.63, 3.8) is 0 Å². The number of rotatable bonds is 3. The molecule has 3 heterocycles. The molecular weight excluding hydrogens is 332 g/mol. The van der Waals surface area contributed by atoms with Crippen molar-refractivity contribution in [1.29, 1.82) is 0 Å². The number of carbonyl (C=O) groups is 1. The molecule has 0 saturated carbocycles. The van der Waals surface area contributed by atoms with Gasteiger partial charge in [-0.3, -0.25) is 4.79 Å². The summed E-state index contributed by atoms with van der Waals surface area (Å²) in [5.41, 5.74) is 2.65. The van der Waals surface area contributed by atoms with Gasteiger partial charge in [0.05, 0.1) is 0 Å². The molecule has 0 unspecified atom stereocenters. The Hall–Kier alpha value is -1.30. The summed E-state index contributed by atoms with van der Waals surface area (Å²) >= 11 is 1.96. The molecule has 0 N–H and O–H groups in total. The molecule has 25 heavy (non-hydrogen) atoms. The lowest BCUT2D eigenvalue weighted by Crippen LogP contribution is -2.41. The summed E-state index contributed by atoms with van der Waals surface area (Å²) in [5.74, 6) is 5.19. The molecule has 0 spiro atoms. The molecular formula is C19H28N4OS. The zero-order chi connectivity index (χ0) is 17.2. The van der Waals surface area contributed by atoms with Gasteiger partial charge in [0.15, 0.2) is 0 Å². The fourth-order valence-corrected chi connectivity index (χ4v) is 5.24. The van der Waals surface area contributed by atoms with Gasteiger partial charge < -0.3 is 9.80 Å². The highest BCUT2D eigenvalue weighted by Crippen LogP contribution is 2.32. The van der Waals surface area contributed by atoms with Crippen molar-refractivity contribution in [1.82, 2.24) is 14.9 Å². The van der Waals surface area contributed by atoms with E-state index in [0.29, 0.717) is 11.8 Å². The maximum atomic E-state index is 12.5. The summed E-state index contributed by atoms with van der Waals surface area (Å²) in [7, 11) is 0. The van der Waals surface area contributed by atoms with E-state index in [-0.39, 0.29) is 0 Å². The van der Waals surface area contributed by atoms with Gasteiger partial charge in [0.2, 0.25) is 5.91 Å². The molecule has 136 valence electrons. The van der Waals surface area contributed by atoms with Gasteiger partial charge in [-0.1, -0.05) is 0 Å². The molecule has 1 amide bonds. The number of fused-ring (bicyclic) bond motifs is 1. The van der Waals surface area contributed by atoms with Crippen LogP contribution in [0.1, 0.15) is 42.8 Å². The van der Waals surface area contributed by atoms with Crippen molar-refractivity contribution in [2.45, 2.75) is 45.4 Å². The quantitative estimate of drug-likeness (QED) is 0.829. The summed E-state index contributed by atoms with van der Waals surface area (Å²) < 4.78 is 0. The number of hydrogen-bond acceptors (Lipinski definition) is 5. The first-order valence-electron chi connectivity index (χ1n) is 9.67. The average molecular weight is 361 g/mol. The lowest BCUT2D eigenvalue weighted by molar-refractivity contribution is -0.132. The van der Waals surface area contributed by atoms with E-state index in [2.05, 4.69) is 14.8 Å². The SMILES string of the molecule is Cc1nc2c(c(N3CCC(CC(=O)N4CCSCC4)CC3)n1)CCC2. The van der Waals surface area contributed by atoms with E-state index >= 15 is 0 Å². The highest BCUT2D eigenvalue weighted by molar-refractivity contribution is 7.99. The zero-order valence-electron chi connectivity index (χ0n) is 15.2. The van der Waals surface area contributed by atoms with Crippen molar-refractivity contribution >= 4 is 23.5 Å². The number of hydrogen-bond donors (Lipinski definition) is 0. The van der Waals surface area contributed by atoms with Gasteiger partial charge in [-0.05, 0) is 44.9 Å². The molecule has 2 aliphatic heterocycles. The van der Waals surface area contributed by atoms with Crippen LogP contribution in [-0.2, 0) is 17.6 Å². The predicted molar refractivity (Wildman–Crippen MR) is 102 cm³/mol. The Morgan fingerprint density at radius 3 is 2.64 bits per heavy atom. The molecule has 5 nitrogen and oxygen atoms in total. The molecule has 2 saturated heterocycles. The minimum atomic E-state index is 0.373. The Morgan fingerprint density at radius 1 is 1.12 bits per heavy atom. The first-order chi connectivity index (χ1) is 12.2. The standard InChI is InChI=1S/C19H28N4OS/c1-14-20-17-4-2-3-16(17)19(21-14)23-7-5-15(6-8-23)13-18(24)22-9-11-25-12-10-22/h15H,2-13H2,1H3. The number of aromatic nitrogens is 2. The average Bonchev–Trinajstić information content (AvgIpc) is 3.11. The minimum absolute atomic E-state index is 0.373. The molecule has 1 aliphatic carbocycles. The first-order valence-corrected chi connectivity index (χ1v) is 10.8. The van der Waals surface area contributed by atoms with Gasteiger partial charge in [0.1, 0.15) is 11.6 Å². The second-order valence-electron chi connectivity index (χ2n) is 7.50. The Balaban J connectivity index is 1.35. The molecule has 1 aromatic rings. The predicted octanol–water partition coefficient (Wildman–Crippen LogP) is 2.46.